The van der Waals surface area contributed by atoms with Crippen LogP contribution in [0.1, 0.15) is 42.3 Å². The van der Waals surface area contributed by atoms with Crippen LogP contribution in [-0.2, 0) is 5.41 Å². The lowest BCUT2D eigenvalue weighted by molar-refractivity contribution is 0.0697. The first-order valence-electron chi connectivity index (χ1n) is 7.09. The molecule has 2 N–H and O–H groups in total. The zero-order valence-electron chi connectivity index (χ0n) is 13.0. The number of carbonyl (C=O) groups is 1. The summed E-state index contributed by atoms with van der Waals surface area (Å²) in [5.41, 5.74) is 6.09. The van der Waals surface area contributed by atoms with Crippen LogP contribution in [0.3, 0.4) is 0 Å². The molecule has 4 nitrogen and oxygen atoms in total. The first-order chi connectivity index (χ1) is 10.4. The molecule has 0 aromatic heterocycles. The fraction of sp³-hybridized carbons (Fsp3) is 0.222. The van der Waals surface area contributed by atoms with Crippen LogP contribution in [-0.4, -0.2) is 17.3 Å². The molecule has 2 rings (SSSR count). The van der Waals surface area contributed by atoms with Crippen LogP contribution in [0.25, 0.3) is 0 Å². The Bertz CT molecular complexity index is 683. The Hall–Kier alpha value is -2.62. The standard InChI is InChI=1S/C18H20N2O2/c1-18(2,3)15-9-7-13(8-10-15)12-19-20-16-6-4-5-14(11-16)17(21)22/h4-12,20H,1-3H3,(H,21,22). The molecule has 22 heavy (non-hydrogen) atoms. The molecule has 0 unspecified atom stereocenters. The average Bonchev–Trinajstić information content (AvgIpc) is 2.47. The molecule has 2 aromatic rings. The maximum absolute atomic E-state index is 10.9. The average molecular weight is 296 g/mol. The molecule has 4 heteroatoms. The van der Waals surface area contributed by atoms with E-state index < -0.39 is 5.97 Å². The van der Waals surface area contributed by atoms with Crippen LogP contribution in [0.2, 0.25) is 0 Å². The molecule has 0 aliphatic carbocycles. The molecule has 0 bridgehead atoms. The van der Waals surface area contributed by atoms with E-state index in [1.165, 1.54) is 5.56 Å². The third-order valence-electron chi connectivity index (χ3n) is 3.29. The van der Waals surface area contributed by atoms with Gasteiger partial charge in [-0.3, -0.25) is 5.43 Å². The predicted octanol–water partition coefficient (Wildman–Crippen LogP) is 4.13. The van der Waals surface area contributed by atoms with Crippen molar-refractivity contribution in [3.63, 3.8) is 0 Å². The first-order valence-corrected chi connectivity index (χ1v) is 7.09. The summed E-state index contributed by atoms with van der Waals surface area (Å²) >= 11 is 0. The molecule has 0 heterocycles. The van der Waals surface area contributed by atoms with Crippen LogP contribution in [0, 0.1) is 0 Å². The van der Waals surface area contributed by atoms with Gasteiger partial charge in [0.15, 0.2) is 0 Å². The van der Waals surface area contributed by atoms with E-state index in [1.807, 2.05) is 12.1 Å². The third kappa shape index (κ3) is 4.19. The van der Waals surface area contributed by atoms with Crippen molar-refractivity contribution in [3.05, 3.63) is 65.2 Å². The van der Waals surface area contributed by atoms with Crippen LogP contribution in [0.4, 0.5) is 5.69 Å². The van der Waals surface area contributed by atoms with Gasteiger partial charge in [0.2, 0.25) is 0 Å². The monoisotopic (exact) mass is 296 g/mol. The van der Waals surface area contributed by atoms with E-state index in [-0.39, 0.29) is 11.0 Å². The van der Waals surface area contributed by atoms with Crippen LogP contribution in [0.5, 0.6) is 0 Å². The van der Waals surface area contributed by atoms with Crippen LogP contribution < -0.4 is 5.43 Å². The van der Waals surface area contributed by atoms with Crippen molar-refractivity contribution in [1.29, 1.82) is 0 Å². The van der Waals surface area contributed by atoms with Gasteiger partial charge in [-0.25, -0.2) is 4.79 Å². The Labute approximate surface area is 130 Å². The minimum Gasteiger partial charge on any atom is -0.478 e. The Morgan fingerprint density at radius 3 is 2.41 bits per heavy atom. The maximum atomic E-state index is 10.9. The summed E-state index contributed by atoms with van der Waals surface area (Å²) in [6.07, 6.45) is 1.71. The van der Waals surface area contributed by atoms with Crippen LogP contribution >= 0.6 is 0 Å². The number of carboxylic acids is 1. The van der Waals surface area contributed by atoms with E-state index in [1.54, 1.807) is 30.5 Å². The SMILES string of the molecule is CC(C)(C)c1ccc(C=NNc2cccc(C(=O)O)c2)cc1. The highest BCUT2D eigenvalue weighted by Crippen LogP contribution is 2.21. The molecule has 0 fully saturated rings. The second-order valence-electron chi connectivity index (χ2n) is 6.13. The third-order valence-corrected chi connectivity index (χ3v) is 3.29. The normalized spacial score (nSPS) is 11.6. The lowest BCUT2D eigenvalue weighted by Gasteiger charge is -2.18. The highest BCUT2D eigenvalue weighted by molar-refractivity contribution is 5.88. The molecule has 0 saturated heterocycles. The minimum absolute atomic E-state index is 0.130. The molecule has 0 saturated carbocycles. The molecule has 114 valence electrons. The fourth-order valence-corrected chi connectivity index (χ4v) is 1.97. The zero-order valence-corrected chi connectivity index (χ0v) is 13.0. The van der Waals surface area contributed by atoms with Gasteiger partial charge in [-0.05, 0) is 34.7 Å². The quantitative estimate of drug-likeness (QED) is 0.658. The molecular formula is C18H20N2O2. The highest BCUT2D eigenvalue weighted by atomic mass is 16.4. The summed E-state index contributed by atoms with van der Waals surface area (Å²) in [7, 11) is 0. The van der Waals surface area contributed by atoms with Gasteiger partial charge in [0.05, 0.1) is 17.5 Å². The van der Waals surface area contributed by atoms with Gasteiger partial charge in [-0.2, -0.15) is 5.10 Å². The molecule has 2 aromatic carbocycles. The van der Waals surface area contributed by atoms with Crippen molar-refractivity contribution < 1.29 is 9.90 Å². The summed E-state index contributed by atoms with van der Waals surface area (Å²) in [4.78, 5) is 10.9. The maximum Gasteiger partial charge on any atom is 0.335 e. The van der Waals surface area contributed by atoms with Gasteiger partial charge >= 0.3 is 5.97 Å². The molecule has 0 atom stereocenters. The highest BCUT2D eigenvalue weighted by Gasteiger charge is 2.12. The number of carboxylic acid groups (broad SMARTS) is 1. The van der Waals surface area contributed by atoms with E-state index in [9.17, 15) is 4.79 Å². The number of hydrogen-bond acceptors (Lipinski definition) is 3. The molecular weight excluding hydrogens is 276 g/mol. The molecule has 0 aliphatic heterocycles. The Morgan fingerprint density at radius 2 is 1.82 bits per heavy atom. The summed E-state index contributed by atoms with van der Waals surface area (Å²) in [6.45, 7) is 6.52. The fourth-order valence-electron chi connectivity index (χ4n) is 1.97. The second kappa shape index (κ2) is 6.43. The number of anilines is 1. The Kier molecular flexibility index (Phi) is 4.61. The van der Waals surface area contributed by atoms with Crippen molar-refractivity contribution in [3.8, 4) is 0 Å². The number of nitrogens with zero attached hydrogens (tertiary/aromatic N) is 1. The van der Waals surface area contributed by atoms with E-state index >= 15 is 0 Å². The largest absolute Gasteiger partial charge is 0.478 e. The molecule has 0 aliphatic rings. The lowest BCUT2D eigenvalue weighted by atomic mass is 9.87. The van der Waals surface area contributed by atoms with Crippen molar-refractivity contribution in [2.75, 3.05) is 5.43 Å². The Balaban J connectivity index is 2.03. The smallest absolute Gasteiger partial charge is 0.335 e. The minimum atomic E-state index is -0.953. The predicted molar refractivity (Wildman–Crippen MR) is 89.8 cm³/mol. The molecule has 0 spiro atoms. The number of rotatable bonds is 4. The number of nitrogens with one attached hydrogen (secondary N) is 1. The van der Waals surface area contributed by atoms with Crippen molar-refractivity contribution in [2.45, 2.75) is 26.2 Å². The van der Waals surface area contributed by atoms with Gasteiger partial charge in [0.25, 0.3) is 0 Å². The summed E-state index contributed by atoms with van der Waals surface area (Å²) in [5.74, 6) is -0.953. The zero-order chi connectivity index (χ0) is 16.2. The Morgan fingerprint density at radius 1 is 1.14 bits per heavy atom. The van der Waals surface area contributed by atoms with E-state index in [2.05, 4.69) is 43.4 Å². The van der Waals surface area contributed by atoms with Gasteiger partial charge in [-0.1, -0.05) is 51.1 Å². The van der Waals surface area contributed by atoms with Crippen molar-refractivity contribution >= 4 is 17.9 Å². The van der Waals surface area contributed by atoms with E-state index in [0.717, 1.165) is 5.56 Å². The summed E-state index contributed by atoms with van der Waals surface area (Å²) < 4.78 is 0. The van der Waals surface area contributed by atoms with E-state index in [4.69, 9.17) is 5.11 Å². The second-order valence-corrected chi connectivity index (χ2v) is 6.13. The van der Waals surface area contributed by atoms with Gasteiger partial charge < -0.3 is 5.11 Å². The van der Waals surface area contributed by atoms with Crippen LogP contribution in [0.15, 0.2) is 53.6 Å². The van der Waals surface area contributed by atoms with E-state index in [0.29, 0.717) is 5.69 Å². The number of hydrazone groups is 1. The first kappa shape index (κ1) is 15.8. The van der Waals surface area contributed by atoms with Gasteiger partial charge in [0, 0.05) is 0 Å². The van der Waals surface area contributed by atoms with Crippen molar-refractivity contribution in [2.24, 2.45) is 5.10 Å². The van der Waals surface area contributed by atoms with Crippen molar-refractivity contribution in [1.82, 2.24) is 0 Å². The lowest BCUT2D eigenvalue weighted by Crippen LogP contribution is -2.10. The summed E-state index contributed by atoms with van der Waals surface area (Å²) in [6, 6.07) is 14.7. The molecule has 0 amide bonds. The molecule has 0 radical (unpaired) electrons. The topological polar surface area (TPSA) is 61.7 Å². The van der Waals surface area contributed by atoms with Gasteiger partial charge in [0.1, 0.15) is 0 Å². The number of benzene rings is 2. The van der Waals surface area contributed by atoms with Gasteiger partial charge in [-0.15, -0.1) is 0 Å². The number of hydrogen-bond donors (Lipinski definition) is 2. The summed E-state index contributed by atoms with van der Waals surface area (Å²) in [5, 5.41) is 13.1. The number of aromatic carboxylic acids is 1.